The molecule has 0 unspecified atom stereocenters. The fourth-order valence-electron chi connectivity index (χ4n) is 0. The predicted molar refractivity (Wildman–Crippen MR) is 59.1 cm³/mol. The van der Waals surface area contributed by atoms with Gasteiger partial charge in [-0.25, -0.2) is 0 Å². The normalized spacial score (nSPS) is 9.00. The van der Waals surface area contributed by atoms with Gasteiger partial charge in [-0.2, -0.15) is 0 Å². The molecule has 0 saturated heterocycles. The van der Waals surface area contributed by atoms with Gasteiger partial charge in [0, 0.05) is 0 Å². The van der Waals surface area contributed by atoms with Gasteiger partial charge in [-0.05, 0) is 0 Å². The van der Waals surface area contributed by atoms with Gasteiger partial charge >= 0.3 is 35.6 Å². The molecular weight excluding hydrogens is 331 g/mol. The molecular formula is C12H27LaO3. The molecule has 0 aliphatic heterocycles. The van der Waals surface area contributed by atoms with Crippen LogP contribution in [0.2, 0.25) is 0 Å². The van der Waals surface area contributed by atoms with Crippen molar-refractivity contribution in [1.29, 1.82) is 0 Å². The van der Waals surface area contributed by atoms with E-state index in [2.05, 4.69) is 0 Å². The molecule has 4 heteroatoms. The van der Waals surface area contributed by atoms with Crippen molar-refractivity contribution >= 4 is 0 Å². The SMILES string of the molecule is CC(C)C[O-].CC(C)C[O-].CC(C)C[O-].[La+3]. The Morgan fingerprint density at radius 2 is 0.625 bits per heavy atom. The Balaban J connectivity index is -0.0000000655. The summed E-state index contributed by atoms with van der Waals surface area (Å²) in [5.74, 6) is 0.986. The third kappa shape index (κ3) is 59.7. The van der Waals surface area contributed by atoms with Crippen LogP contribution in [-0.2, 0) is 0 Å². The van der Waals surface area contributed by atoms with Gasteiger partial charge in [0.2, 0.25) is 0 Å². The molecule has 3 nitrogen and oxygen atoms in total. The zero-order valence-electron chi connectivity index (χ0n) is 11.7. The Morgan fingerprint density at radius 3 is 0.625 bits per heavy atom. The summed E-state index contributed by atoms with van der Waals surface area (Å²) in [4.78, 5) is 0. The first-order valence-electron chi connectivity index (χ1n) is 5.55. The third-order valence-corrected chi connectivity index (χ3v) is 1.00. The maximum atomic E-state index is 9.63. The molecule has 0 aromatic carbocycles. The van der Waals surface area contributed by atoms with E-state index in [1.54, 1.807) is 0 Å². The topological polar surface area (TPSA) is 69.2 Å². The molecule has 0 spiro atoms. The van der Waals surface area contributed by atoms with Gasteiger partial charge in [-0.3, -0.25) is 0 Å². The molecule has 0 N–H and O–H groups in total. The van der Waals surface area contributed by atoms with Crippen molar-refractivity contribution in [3.63, 3.8) is 0 Å². The van der Waals surface area contributed by atoms with E-state index >= 15 is 0 Å². The minimum Gasteiger partial charge on any atom is -0.854 e. The fourth-order valence-corrected chi connectivity index (χ4v) is 0. The number of rotatable bonds is 3. The van der Waals surface area contributed by atoms with Crippen molar-refractivity contribution in [2.75, 3.05) is 19.8 Å². The Kier molecular flexibility index (Phi) is 34.5. The van der Waals surface area contributed by atoms with Gasteiger partial charge in [0.1, 0.15) is 0 Å². The van der Waals surface area contributed by atoms with Gasteiger partial charge in [0.15, 0.2) is 0 Å². The van der Waals surface area contributed by atoms with E-state index in [9.17, 15) is 15.3 Å². The maximum absolute atomic E-state index is 9.63. The standard InChI is InChI=1S/3C4H9O.La/c3*1-4(2)3-5;/h3*4H,3H2,1-2H3;/q3*-1;+3. The van der Waals surface area contributed by atoms with Crippen LogP contribution < -0.4 is 15.3 Å². The maximum Gasteiger partial charge on any atom is 3.00 e. The first-order valence-corrected chi connectivity index (χ1v) is 5.55. The van der Waals surface area contributed by atoms with Crippen LogP contribution >= 0.6 is 0 Å². The molecule has 0 aliphatic rings. The average Bonchev–Trinajstić information content (AvgIpc) is 2.19. The molecule has 0 aliphatic carbocycles. The largest absolute Gasteiger partial charge is 3.00 e. The molecule has 0 aromatic rings. The second kappa shape index (κ2) is 21.4. The van der Waals surface area contributed by atoms with E-state index in [1.807, 2.05) is 41.5 Å². The van der Waals surface area contributed by atoms with Gasteiger partial charge in [-0.15, -0.1) is 19.8 Å². The van der Waals surface area contributed by atoms with E-state index in [4.69, 9.17) is 0 Å². The monoisotopic (exact) mass is 358 g/mol. The molecule has 0 fully saturated rings. The van der Waals surface area contributed by atoms with Crippen molar-refractivity contribution < 1.29 is 50.9 Å². The van der Waals surface area contributed by atoms with Crippen LogP contribution in [0.1, 0.15) is 41.5 Å². The Hall–Kier alpha value is 1.07. The zero-order chi connectivity index (χ0) is 12.9. The quantitative estimate of drug-likeness (QED) is 0.714. The first kappa shape index (κ1) is 25.8. The van der Waals surface area contributed by atoms with E-state index in [-0.39, 0.29) is 55.4 Å². The predicted octanol–water partition coefficient (Wildman–Crippen LogP) is 0.00810. The van der Waals surface area contributed by atoms with Crippen molar-refractivity contribution in [3.05, 3.63) is 0 Å². The van der Waals surface area contributed by atoms with Crippen molar-refractivity contribution in [1.82, 2.24) is 0 Å². The van der Waals surface area contributed by atoms with E-state index < -0.39 is 0 Å². The minimum atomic E-state index is 0. The Bertz CT molecular complexity index is 77.2. The smallest absolute Gasteiger partial charge is 0.854 e. The summed E-state index contributed by atoms with van der Waals surface area (Å²) in [5.41, 5.74) is 0. The van der Waals surface area contributed by atoms with Crippen LogP contribution in [0.15, 0.2) is 0 Å². The van der Waals surface area contributed by atoms with Crippen LogP contribution in [0, 0.1) is 53.4 Å². The van der Waals surface area contributed by atoms with Gasteiger partial charge in [0.05, 0.1) is 0 Å². The molecule has 0 amide bonds. The van der Waals surface area contributed by atoms with Crippen molar-refractivity contribution in [2.45, 2.75) is 41.5 Å². The zero-order valence-corrected chi connectivity index (χ0v) is 15.3. The second-order valence-electron chi connectivity index (χ2n) is 4.68. The molecule has 0 heterocycles. The van der Waals surface area contributed by atoms with Crippen molar-refractivity contribution in [2.24, 2.45) is 17.8 Å². The summed E-state index contributed by atoms with van der Waals surface area (Å²) in [6.45, 7) is 11.6. The molecule has 0 rings (SSSR count). The van der Waals surface area contributed by atoms with Gasteiger partial charge in [-0.1, -0.05) is 59.3 Å². The average molecular weight is 358 g/mol. The summed E-state index contributed by atoms with van der Waals surface area (Å²) in [6, 6.07) is 0. The summed E-state index contributed by atoms with van der Waals surface area (Å²) in [5, 5.41) is 28.9. The van der Waals surface area contributed by atoms with Crippen molar-refractivity contribution in [3.8, 4) is 0 Å². The molecule has 0 bridgehead atoms. The van der Waals surface area contributed by atoms with E-state index in [1.165, 1.54) is 0 Å². The second-order valence-corrected chi connectivity index (χ2v) is 4.68. The molecule has 0 atom stereocenters. The number of hydrogen-bond donors (Lipinski definition) is 0. The summed E-state index contributed by atoms with van der Waals surface area (Å²) in [7, 11) is 0. The van der Waals surface area contributed by atoms with Crippen LogP contribution in [-0.4, -0.2) is 19.8 Å². The van der Waals surface area contributed by atoms with Gasteiger partial charge < -0.3 is 15.3 Å². The number of hydrogen-bond acceptors (Lipinski definition) is 3. The Labute approximate surface area is 129 Å². The molecule has 0 radical (unpaired) electrons. The first-order chi connectivity index (χ1) is 6.81. The summed E-state index contributed by atoms with van der Waals surface area (Å²) in [6.07, 6.45) is 0. The van der Waals surface area contributed by atoms with Crippen LogP contribution in [0.4, 0.5) is 0 Å². The fraction of sp³-hybridized carbons (Fsp3) is 1.00. The Morgan fingerprint density at radius 1 is 0.562 bits per heavy atom. The van der Waals surface area contributed by atoms with Crippen LogP contribution in [0.25, 0.3) is 0 Å². The third-order valence-electron chi connectivity index (χ3n) is 1.00. The van der Waals surface area contributed by atoms with Gasteiger partial charge in [0.25, 0.3) is 0 Å². The minimum absolute atomic E-state index is 0. The molecule has 0 saturated carbocycles. The summed E-state index contributed by atoms with van der Waals surface area (Å²) >= 11 is 0. The van der Waals surface area contributed by atoms with E-state index in [0.29, 0.717) is 17.8 Å². The molecule has 96 valence electrons. The van der Waals surface area contributed by atoms with E-state index in [0.717, 1.165) is 0 Å². The molecule has 16 heavy (non-hydrogen) atoms. The summed E-state index contributed by atoms with van der Waals surface area (Å²) < 4.78 is 0. The van der Waals surface area contributed by atoms with Crippen LogP contribution in [0.5, 0.6) is 0 Å². The molecule has 0 aromatic heterocycles. The van der Waals surface area contributed by atoms with Crippen LogP contribution in [0.3, 0.4) is 0 Å².